The maximum Gasteiger partial charge on any atom is 0.263 e. The van der Waals surface area contributed by atoms with Crippen LogP contribution in [0.4, 0.5) is 10.7 Å². The molecule has 0 saturated heterocycles. The van der Waals surface area contributed by atoms with Crippen molar-refractivity contribution >= 4 is 27.9 Å². The maximum absolute atomic E-state index is 12.0. The van der Waals surface area contributed by atoms with Crippen LogP contribution in [0.25, 0.3) is 0 Å². The summed E-state index contributed by atoms with van der Waals surface area (Å²) in [5.74, 6) is -0.0509. The zero-order valence-corrected chi connectivity index (χ0v) is 13.7. The molecule has 1 aromatic rings. The average Bonchev–Trinajstić information content (AvgIpc) is 2.80. The highest BCUT2D eigenvalue weighted by atomic mass is 32.1. The Bertz CT molecular complexity index is 450. The topological polar surface area (TPSA) is 67.2 Å². The van der Waals surface area contributed by atoms with Gasteiger partial charge >= 0.3 is 0 Å². The highest BCUT2D eigenvalue weighted by Crippen LogP contribution is 2.31. The van der Waals surface area contributed by atoms with Crippen molar-refractivity contribution in [2.75, 3.05) is 17.6 Å². The largest absolute Gasteiger partial charge is 0.397 e. The molecular weight excluding hydrogens is 282 g/mol. The van der Waals surface area contributed by atoms with Gasteiger partial charge in [-0.05, 0) is 25.3 Å². The Hall–Kier alpha value is -1.23. The van der Waals surface area contributed by atoms with E-state index in [1.165, 1.54) is 56.3 Å². The standard InChI is InChI=1S/C16H27N3OS/c1-2-10-18-16(20)15-13(17)11-14(21-15)19-12-8-6-4-3-5-7-9-12/h11-12,19H,2-10,17H2,1H3,(H,18,20). The molecule has 1 aliphatic rings. The Morgan fingerprint density at radius 3 is 2.62 bits per heavy atom. The van der Waals surface area contributed by atoms with Crippen LogP contribution >= 0.6 is 11.3 Å². The zero-order chi connectivity index (χ0) is 15.1. The first-order valence-corrected chi connectivity index (χ1v) is 8.96. The SMILES string of the molecule is CCCNC(=O)c1sc(NC2CCCCCCC2)cc1N. The molecule has 0 atom stereocenters. The highest BCUT2D eigenvalue weighted by molar-refractivity contribution is 7.18. The summed E-state index contributed by atoms with van der Waals surface area (Å²) < 4.78 is 0. The van der Waals surface area contributed by atoms with Crippen LogP contribution in [0, 0.1) is 0 Å². The number of hydrogen-bond acceptors (Lipinski definition) is 4. The van der Waals surface area contributed by atoms with Gasteiger partial charge in [-0.15, -0.1) is 11.3 Å². The number of hydrogen-bond donors (Lipinski definition) is 3. The number of carbonyl (C=O) groups is 1. The van der Waals surface area contributed by atoms with Gasteiger partial charge < -0.3 is 16.4 Å². The van der Waals surface area contributed by atoms with E-state index in [2.05, 4.69) is 10.6 Å². The molecule has 0 aromatic carbocycles. The van der Waals surface area contributed by atoms with E-state index in [-0.39, 0.29) is 5.91 Å². The van der Waals surface area contributed by atoms with Crippen molar-refractivity contribution in [2.24, 2.45) is 0 Å². The molecule has 4 nitrogen and oxygen atoms in total. The minimum Gasteiger partial charge on any atom is -0.397 e. The molecule has 0 unspecified atom stereocenters. The molecule has 0 bridgehead atoms. The molecule has 1 amide bonds. The zero-order valence-electron chi connectivity index (χ0n) is 12.9. The fourth-order valence-electron chi connectivity index (χ4n) is 2.77. The van der Waals surface area contributed by atoms with Crippen LogP contribution < -0.4 is 16.4 Å². The van der Waals surface area contributed by atoms with Gasteiger partial charge in [0.05, 0.1) is 10.7 Å². The van der Waals surface area contributed by atoms with Crippen LogP contribution in [0.1, 0.15) is 68.0 Å². The summed E-state index contributed by atoms with van der Waals surface area (Å²) in [7, 11) is 0. The van der Waals surface area contributed by atoms with Crippen molar-refractivity contribution in [3.05, 3.63) is 10.9 Å². The summed E-state index contributed by atoms with van der Waals surface area (Å²) in [4.78, 5) is 12.7. The number of anilines is 2. The van der Waals surface area contributed by atoms with Gasteiger partial charge in [0, 0.05) is 12.6 Å². The number of rotatable bonds is 5. The molecule has 0 aliphatic heterocycles. The third kappa shape index (κ3) is 4.92. The van der Waals surface area contributed by atoms with E-state index < -0.39 is 0 Å². The number of nitrogen functional groups attached to an aromatic ring is 1. The predicted molar refractivity (Wildman–Crippen MR) is 91.1 cm³/mol. The molecule has 0 radical (unpaired) electrons. The molecule has 4 N–H and O–H groups in total. The summed E-state index contributed by atoms with van der Waals surface area (Å²) in [6.45, 7) is 2.74. The van der Waals surface area contributed by atoms with Crippen LogP contribution in [0.15, 0.2) is 6.07 Å². The monoisotopic (exact) mass is 309 g/mol. The molecule has 1 aliphatic carbocycles. The van der Waals surface area contributed by atoms with E-state index in [4.69, 9.17) is 5.73 Å². The third-order valence-corrected chi connectivity index (χ3v) is 5.03. The summed E-state index contributed by atoms with van der Waals surface area (Å²) in [6, 6.07) is 2.43. The summed E-state index contributed by atoms with van der Waals surface area (Å²) in [5.41, 5.74) is 6.57. The molecular formula is C16H27N3OS. The van der Waals surface area contributed by atoms with Crippen molar-refractivity contribution in [3.63, 3.8) is 0 Å². The van der Waals surface area contributed by atoms with E-state index in [1.54, 1.807) is 0 Å². The lowest BCUT2D eigenvalue weighted by Gasteiger charge is -2.21. The third-order valence-electron chi connectivity index (χ3n) is 3.95. The van der Waals surface area contributed by atoms with E-state index >= 15 is 0 Å². The first-order valence-electron chi connectivity index (χ1n) is 8.14. The first kappa shape index (κ1) is 16.1. The summed E-state index contributed by atoms with van der Waals surface area (Å²) in [6.07, 6.45) is 10.0. The number of thiophene rings is 1. The molecule has 21 heavy (non-hydrogen) atoms. The van der Waals surface area contributed by atoms with Gasteiger partial charge in [0.2, 0.25) is 0 Å². The molecule has 1 aromatic heterocycles. The van der Waals surface area contributed by atoms with Gasteiger partial charge in [-0.3, -0.25) is 4.79 Å². The Morgan fingerprint density at radius 2 is 1.95 bits per heavy atom. The van der Waals surface area contributed by atoms with Crippen molar-refractivity contribution < 1.29 is 4.79 Å². The normalized spacial score (nSPS) is 17.0. The molecule has 2 rings (SSSR count). The van der Waals surface area contributed by atoms with Gasteiger partial charge in [-0.2, -0.15) is 0 Å². The molecule has 0 spiro atoms. The maximum atomic E-state index is 12.0. The second-order valence-corrected chi connectivity index (χ2v) is 6.89. The number of amides is 1. The second kappa shape index (κ2) is 8.27. The van der Waals surface area contributed by atoms with E-state index in [1.807, 2.05) is 13.0 Å². The Kier molecular flexibility index (Phi) is 6.36. The van der Waals surface area contributed by atoms with Crippen LogP contribution in [-0.4, -0.2) is 18.5 Å². The lowest BCUT2D eigenvalue weighted by Crippen LogP contribution is -2.23. The van der Waals surface area contributed by atoms with Gasteiger partial charge in [0.1, 0.15) is 4.88 Å². The van der Waals surface area contributed by atoms with Gasteiger partial charge in [-0.25, -0.2) is 0 Å². The van der Waals surface area contributed by atoms with Crippen LogP contribution in [0.5, 0.6) is 0 Å². The number of nitrogens with one attached hydrogen (secondary N) is 2. The molecule has 1 fully saturated rings. The van der Waals surface area contributed by atoms with Crippen molar-refractivity contribution in [1.82, 2.24) is 5.32 Å². The predicted octanol–water partition coefficient (Wildman–Crippen LogP) is 3.99. The first-order chi connectivity index (χ1) is 10.2. The Morgan fingerprint density at radius 1 is 1.29 bits per heavy atom. The van der Waals surface area contributed by atoms with Crippen molar-refractivity contribution in [3.8, 4) is 0 Å². The molecule has 1 heterocycles. The van der Waals surface area contributed by atoms with Crippen LogP contribution in [-0.2, 0) is 0 Å². The Balaban J connectivity index is 1.95. The quantitative estimate of drug-likeness (QED) is 0.770. The summed E-state index contributed by atoms with van der Waals surface area (Å²) in [5, 5.41) is 7.50. The van der Waals surface area contributed by atoms with Crippen molar-refractivity contribution in [1.29, 1.82) is 0 Å². The van der Waals surface area contributed by atoms with E-state index in [9.17, 15) is 4.79 Å². The van der Waals surface area contributed by atoms with Crippen LogP contribution in [0.3, 0.4) is 0 Å². The Labute approximate surface area is 131 Å². The van der Waals surface area contributed by atoms with E-state index in [0.717, 1.165) is 11.4 Å². The lowest BCUT2D eigenvalue weighted by atomic mass is 9.97. The number of nitrogens with two attached hydrogens (primary N) is 1. The van der Waals surface area contributed by atoms with Gasteiger partial charge in [0.15, 0.2) is 0 Å². The summed E-state index contributed by atoms with van der Waals surface area (Å²) >= 11 is 1.48. The van der Waals surface area contributed by atoms with Gasteiger partial charge in [-0.1, -0.05) is 39.0 Å². The van der Waals surface area contributed by atoms with Gasteiger partial charge in [0.25, 0.3) is 5.91 Å². The minimum absolute atomic E-state index is 0.0509. The molecule has 5 heteroatoms. The van der Waals surface area contributed by atoms with Crippen LogP contribution in [0.2, 0.25) is 0 Å². The average molecular weight is 309 g/mol. The molecule has 1 saturated carbocycles. The highest BCUT2D eigenvalue weighted by Gasteiger charge is 2.17. The minimum atomic E-state index is -0.0509. The smallest absolute Gasteiger partial charge is 0.263 e. The fourth-order valence-corrected chi connectivity index (χ4v) is 3.75. The number of carbonyl (C=O) groups excluding carboxylic acids is 1. The lowest BCUT2D eigenvalue weighted by molar-refractivity contribution is 0.0958. The second-order valence-electron chi connectivity index (χ2n) is 5.84. The van der Waals surface area contributed by atoms with Crippen molar-refractivity contribution in [2.45, 2.75) is 64.3 Å². The van der Waals surface area contributed by atoms with E-state index in [0.29, 0.717) is 23.2 Å². The molecule has 118 valence electrons. The fraction of sp³-hybridized carbons (Fsp3) is 0.688.